The van der Waals surface area contributed by atoms with Crippen LogP contribution in [0.2, 0.25) is 0 Å². The van der Waals surface area contributed by atoms with Crippen molar-refractivity contribution >= 4 is 23.6 Å². The van der Waals surface area contributed by atoms with Gasteiger partial charge in [-0.25, -0.2) is 0 Å². The fraction of sp³-hybridized carbons (Fsp3) is 0.647. The first-order valence-corrected chi connectivity index (χ1v) is 16.0. The van der Waals surface area contributed by atoms with Gasteiger partial charge in [-0.15, -0.1) is 0 Å². The molecule has 2 saturated heterocycles. The van der Waals surface area contributed by atoms with Gasteiger partial charge in [0.05, 0.1) is 23.7 Å². The molecule has 218 valence electrons. The topological polar surface area (TPSA) is 95.0 Å². The summed E-state index contributed by atoms with van der Waals surface area (Å²) < 4.78 is 0. The lowest BCUT2D eigenvalue weighted by atomic mass is 9.57. The number of fused-ring (bicyclic) bond motifs is 4. The molecule has 7 rings (SSSR count). The Labute approximate surface area is 242 Å². The fourth-order valence-corrected chi connectivity index (χ4v) is 9.58. The Bertz CT molecular complexity index is 1310. The molecular formula is C34H42N2O5. The van der Waals surface area contributed by atoms with Crippen LogP contribution in [0.5, 0.6) is 5.75 Å². The van der Waals surface area contributed by atoms with Gasteiger partial charge in [-0.3, -0.25) is 29.0 Å². The minimum atomic E-state index is -0.506. The Balaban J connectivity index is 1.31. The molecule has 7 heteroatoms. The van der Waals surface area contributed by atoms with Crippen molar-refractivity contribution in [2.45, 2.75) is 109 Å². The number of benzene rings is 1. The van der Waals surface area contributed by atoms with Gasteiger partial charge in [0.15, 0.2) is 0 Å². The van der Waals surface area contributed by atoms with Gasteiger partial charge in [-0.2, -0.15) is 0 Å². The molecule has 3 saturated carbocycles. The molecule has 0 spiro atoms. The lowest BCUT2D eigenvalue weighted by Crippen LogP contribution is -2.44. The number of aryl methyl sites for hydroxylation is 2. The molecule has 0 unspecified atom stereocenters. The number of phenols is 1. The number of carbonyl (C=O) groups is 4. The first-order chi connectivity index (χ1) is 19.8. The minimum Gasteiger partial charge on any atom is -0.507 e. The van der Waals surface area contributed by atoms with Gasteiger partial charge in [0.25, 0.3) is 0 Å². The Kier molecular flexibility index (Phi) is 6.62. The first-order valence-electron chi connectivity index (χ1n) is 16.0. The Morgan fingerprint density at radius 1 is 0.659 bits per heavy atom. The quantitative estimate of drug-likeness (QED) is 0.401. The SMILES string of the molecule is Cc1cc([C@H]2C3=CC[C@@H]4C(=O)N(C5CCCCC5)C(=O)[C@@H]4[C@@H]3C[C@H]3C(=O)N(C4CCCCC4)C(=O)[C@@H]23)cc(C)c1O. The minimum absolute atomic E-state index is 0.0104. The largest absolute Gasteiger partial charge is 0.507 e. The predicted molar refractivity (Wildman–Crippen MR) is 153 cm³/mol. The van der Waals surface area contributed by atoms with Gasteiger partial charge in [0.1, 0.15) is 5.75 Å². The van der Waals surface area contributed by atoms with E-state index in [1.165, 1.54) is 0 Å². The van der Waals surface area contributed by atoms with Gasteiger partial charge in [-0.1, -0.05) is 62.3 Å². The normalized spacial score (nSPS) is 34.5. The van der Waals surface area contributed by atoms with Crippen LogP contribution in [0.3, 0.4) is 0 Å². The van der Waals surface area contributed by atoms with Crippen LogP contribution in [0.4, 0.5) is 0 Å². The van der Waals surface area contributed by atoms with Gasteiger partial charge >= 0.3 is 0 Å². The maximum Gasteiger partial charge on any atom is 0.234 e. The summed E-state index contributed by atoms with van der Waals surface area (Å²) in [5, 5.41) is 10.6. The van der Waals surface area contributed by atoms with Gasteiger partial charge in [-0.05, 0) is 75.0 Å². The van der Waals surface area contributed by atoms with E-state index in [1.807, 2.05) is 26.0 Å². The van der Waals surface area contributed by atoms with Crippen LogP contribution in [0, 0.1) is 43.4 Å². The third-order valence-corrected chi connectivity index (χ3v) is 11.5. The Hall–Kier alpha value is -2.96. The summed E-state index contributed by atoms with van der Waals surface area (Å²) in [7, 11) is 0. The Morgan fingerprint density at radius 2 is 1.17 bits per heavy atom. The van der Waals surface area contributed by atoms with Crippen LogP contribution in [0.25, 0.3) is 0 Å². The molecule has 1 N–H and O–H groups in total. The molecule has 2 aliphatic heterocycles. The summed E-state index contributed by atoms with van der Waals surface area (Å²) in [6, 6.07) is 3.86. The fourth-order valence-electron chi connectivity index (χ4n) is 9.58. The number of allylic oxidation sites excluding steroid dienone is 2. The van der Waals surface area contributed by atoms with Crippen molar-refractivity contribution in [3.05, 3.63) is 40.5 Å². The number of amides is 4. The predicted octanol–water partition coefficient (Wildman–Crippen LogP) is 5.31. The van der Waals surface area contributed by atoms with Crippen molar-refractivity contribution in [1.29, 1.82) is 0 Å². The molecule has 6 atom stereocenters. The number of likely N-dealkylation sites (tertiary alicyclic amines) is 2. The summed E-state index contributed by atoms with van der Waals surface area (Å²) in [6.45, 7) is 3.73. The number of phenolic OH excluding ortho intramolecular Hbond substituents is 1. The van der Waals surface area contributed by atoms with Crippen LogP contribution < -0.4 is 0 Å². The highest BCUT2D eigenvalue weighted by molar-refractivity contribution is 6.08. The number of hydrogen-bond acceptors (Lipinski definition) is 5. The first kappa shape index (κ1) is 26.9. The highest BCUT2D eigenvalue weighted by Gasteiger charge is 2.63. The number of nitrogens with zero attached hydrogens (tertiary/aromatic N) is 2. The number of hydrogen-bond donors (Lipinski definition) is 1. The van der Waals surface area contributed by atoms with Crippen LogP contribution >= 0.6 is 0 Å². The van der Waals surface area contributed by atoms with E-state index in [9.17, 15) is 24.3 Å². The second-order valence-electron chi connectivity index (χ2n) is 13.7. The van der Waals surface area contributed by atoms with E-state index in [2.05, 4.69) is 6.08 Å². The van der Waals surface area contributed by atoms with Crippen LogP contribution in [0.15, 0.2) is 23.8 Å². The molecule has 0 aromatic heterocycles. The van der Waals surface area contributed by atoms with Crippen molar-refractivity contribution in [3.8, 4) is 5.75 Å². The van der Waals surface area contributed by atoms with Gasteiger partial charge in [0, 0.05) is 18.0 Å². The van der Waals surface area contributed by atoms with Crippen LogP contribution in [-0.4, -0.2) is 50.6 Å². The molecule has 6 aliphatic rings. The molecule has 1 aromatic rings. The van der Waals surface area contributed by atoms with E-state index < -0.39 is 17.8 Å². The van der Waals surface area contributed by atoms with Crippen molar-refractivity contribution in [2.24, 2.45) is 29.6 Å². The molecule has 4 aliphatic carbocycles. The molecule has 2 heterocycles. The van der Waals surface area contributed by atoms with E-state index in [0.29, 0.717) is 12.8 Å². The van der Waals surface area contributed by atoms with Gasteiger partial charge in [0.2, 0.25) is 23.6 Å². The molecule has 41 heavy (non-hydrogen) atoms. The average Bonchev–Trinajstić information content (AvgIpc) is 3.39. The maximum absolute atomic E-state index is 14.2. The smallest absolute Gasteiger partial charge is 0.234 e. The third-order valence-electron chi connectivity index (χ3n) is 11.5. The van der Waals surface area contributed by atoms with Crippen molar-refractivity contribution in [3.63, 3.8) is 0 Å². The summed E-state index contributed by atoms with van der Waals surface area (Å²) in [6.07, 6.45) is 13.0. The molecule has 0 bridgehead atoms. The Morgan fingerprint density at radius 3 is 1.73 bits per heavy atom. The second kappa shape index (κ2) is 10.1. The number of imide groups is 2. The lowest BCUT2D eigenvalue weighted by Gasteiger charge is -2.44. The molecule has 7 nitrogen and oxygen atoms in total. The summed E-state index contributed by atoms with van der Waals surface area (Å²) in [5.41, 5.74) is 3.46. The van der Waals surface area contributed by atoms with E-state index in [0.717, 1.165) is 86.5 Å². The maximum atomic E-state index is 14.2. The third kappa shape index (κ3) is 4.04. The van der Waals surface area contributed by atoms with Gasteiger partial charge < -0.3 is 5.11 Å². The van der Waals surface area contributed by atoms with Crippen molar-refractivity contribution in [2.75, 3.05) is 0 Å². The number of carbonyl (C=O) groups excluding carboxylic acids is 4. The zero-order chi connectivity index (χ0) is 28.6. The second-order valence-corrected chi connectivity index (χ2v) is 13.7. The van der Waals surface area contributed by atoms with Crippen LogP contribution in [-0.2, 0) is 19.2 Å². The lowest BCUT2D eigenvalue weighted by molar-refractivity contribution is -0.145. The average molecular weight is 559 g/mol. The van der Waals surface area contributed by atoms with Crippen molar-refractivity contribution in [1.82, 2.24) is 9.80 Å². The zero-order valence-electron chi connectivity index (χ0n) is 24.3. The molecule has 4 amide bonds. The highest BCUT2D eigenvalue weighted by atomic mass is 16.3. The van der Waals surface area contributed by atoms with E-state index >= 15 is 0 Å². The standard InChI is InChI=1S/C34H42N2O5/c1-18-15-20(16-19(2)30(18)37)27-23-13-14-24-28(33(40)35(31(24)38)21-9-5-3-6-10-21)25(23)17-26-29(27)34(41)36(32(26)39)22-11-7-4-8-12-22/h13,15-16,21-22,24-29,37H,3-12,14,17H2,1-2H3/t24-,25+,26+,27-,28-,29+/m0/s1. The number of aromatic hydroxyl groups is 1. The van der Waals surface area contributed by atoms with Crippen LogP contribution in [0.1, 0.15) is 99.7 Å². The molecule has 1 aromatic carbocycles. The molecule has 0 radical (unpaired) electrons. The molecular weight excluding hydrogens is 516 g/mol. The summed E-state index contributed by atoms with van der Waals surface area (Å²) >= 11 is 0. The summed E-state index contributed by atoms with van der Waals surface area (Å²) in [4.78, 5) is 59.4. The van der Waals surface area contributed by atoms with E-state index in [4.69, 9.17) is 0 Å². The molecule has 5 fully saturated rings. The van der Waals surface area contributed by atoms with E-state index in [-0.39, 0.29) is 59.2 Å². The monoisotopic (exact) mass is 558 g/mol. The zero-order valence-corrected chi connectivity index (χ0v) is 24.3. The highest BCUT2D eigenvalue weighted by Crippen LogP contribution is 2.59. The van der Waals surface area contributed by atoms with Crippen molar-refractivity contribution < 1.29 is 24.3 Å². The number of rotatable bonds is 3. The van der Waals surface area contributed by atoms with E-state index in [1.54, 1.807) is 9.80 Å². The summed E-state index contributed by atoms with van der Waals surface area (Å²) in [5.74, 6) is -2.40.